The van der Waals surface area contributed by atoms with Crippen LogP contribution in [-0.4, -0.2) is 30.2 Å². The van der Waals surface area contributed by atoms with E-state index in [4.69, 9.17) is 9.47 Å². The standard InChI is InChI=1S/C13H21O3.Ni/c1-4-10-5-11(14)7-13(6-10)8-15-12(2,3)16-9-13;/h4,11,14H,1,5-9H2,2-3H3;/q-1;. The van der Waals surface area contributed by atoms with Crippen LogP contribution in [0.2, 0.25) is 0 Å². The summed E-state index contributed by atoms with van der Waals surface area (Å²) >= 11 is 0. The van der Waals surface area contributed by atoms with Gasteiger partial charge in [-0.3, -0.25) is 0 Å². The van der Waals surface area contributed by atoms with Crippen LogP contribution in [0.4, 0.5) is 0 Å². The topological polar surface area (TPSA) is 38.7 Å². The van der Waals surface area contributed by atoms with E-state index in [0.29, 0.717) is 13.2 Å². The third-order valence-electron chi connectivity index (χ3n) is 3.51. The molecule has 0 bridgehead atoms. The summed E-state index contributed by atoms with van der Waals surface area (Å²) in [6.45, 7) is 8.97. The van der Waals surface area contributed by atoms with Crippen molar-refractivity contribution in [3.8, 4) is 0 Å². The molecule has 1 N–H and O–H groups in total. The Morgan fingerprint density at radius 1 is 1.35 bits per heavy atom. The summed E-state index contributed by atoms with van der Waals surface area (Å²) in [7, 11) is 0. The average Bonchev–Trinajstić information content (AvgIpc) is 2.22. The van der Waals surface area contributed by atoms with Crippen LogP contribution in [0.15, 0.2) is 12.7 Å². The molecular formula is C13H21NiO3-. The fraction of sp³-hybridized carbons (Fsp3) is 0.769. The largest absolute Gasteiger partial charge is 0.394 e. The second-order valence-electron chi connectivity index (χ2n) is 5.58. The third-order valence-corrected chi connectivity index (χ3v) is 3.51. The van der Waals surface area contributed by atoms with E-state index in [-0.39, 0.29) is 28.0 Å². The first-order chi connectivity index (χ1) is 7.45. The minimum absolute atomic E-state index is 0. The molecule has 2 rings (SSSR count). The van der Waals surface area contributed by atoms with Gasteiger partial charge in [0.25, 0.3) is 0 Å². The van der Waals surface area contributed by atoms with Gasteiger partial charge in [-0.25, -0.2) is 18.6 Å². The van der Waals surface area contributed by atoms with Gasteiger partial charge < -0.3 is 14.6 Å². The number of ether oxygens (including phenoxy) is 2. The second kappa shape index (κ2) is 5.32. The monoisotopic (exact) mass is 283 g/mol. The van der Waals surface area contributed by atoms with Crippen LogP contribution < -0.4 is 0 Å². The summed E-state index contributed by atoms with van der Waals surface area (Å²) in [6.07, 6.45) is 4.03. The molecule has 4 heteroatoms. The number of aliphatic hydroxyl groups excluding tert-OH is 1. The van der Waals surface area contributed by atoms with Gasteiger partial charge in [-0.1, -0.05) is 12.8 Å². The van der Waals surface area contributed by atoms with Gasteiger partial charge in [0.2, 0.25) is 0 Å². The van der Waals surface area contributed by atoms with Crippen molar-refractivity contribution in [3.05, 3.63) is 18.6 Å². The minimum atomic E-state index is -0.484. The van der Waals surface area contributed by atoms with Gasteiger partial charge in [-0.2, -0.15) is 0 Å². The Balaban J connectivity index is 0.00000144. The third kappa shape index (κ3) is 3.48. The molecule has 1 saturated carbocycles. The van der Waals surface area contributed by atoms with Gasteiger partial charge in [0, 0.05) is 28.0 Å². The molecule has 0 radical (unpaired) electrons. The number of allylic oxidation sites excluding steroid dienone is 1. The average molecular weight is 284 g/mol. The van der Waals surface area contributed by atoms with Crippen molar-refractivity contribution in [1.29, 1.82) is 0 Å². The van der Waals surface area contributed by atoms with E-state index in [2.05, 4.69) is 6.58 Å². The molecule has 0 aromatic carbocycles. The number of rotatable bonds is 1. The summed E-state index contributed by atoms with van der Waals surface area (Å²) < 4.78 is 11.4. The first-order valence-electron chi connectivity index (χ1n) is 5.88. The molecule has 0 aromatic heterocycles. The molecule has 3 nitrogen and oxygen atoms in total. The van der Waals surface area contributed by atoms with Crippen LogP contribution in [-0.2, 0) is 26.0 Å². The van der Waals surface area contributed by atoms with Crippen LogP contribution in [0.3, 0.4) is 0 Å². The summed E-state index contributed by atoms with van der Waals surface area (Å²) in [5, 5.41) is 9.88. The van der Waals surface area contributed by atoms with Gasteiger partial charge in [-0.15, -0.1) is 0 Å². The van der Waals surface area contributed by atoms with Crippen molar-refractivity contribution < 1.29 is 31.1 Å². The molecule has 1 aliphatic heterocycles. The van der Waals surface area contributed by atoms with Gasteiger partial charge in [0.15, 0.2) is 5.79 Å². The van der Waals surface area contributed by atoms with Crippen molar-refractivity contribution in [1.82, 2.24) is 0 Å². The maximum atomic E-state index is 9.88. The zero-order chi connectivity index (χ0) is 11.8. The van der Waals surface area contributed by atoms with Crippen LogP contribution in [0.1, 0.15) is 33.1 Å². The molecule has 102 valence electrons. The van der Waals surface area contributed by atoms with E-state index < -0.39 is 5.79 Å². The fourth-order valence-corrected chi connectivity index (χ4v) is 2.61. The summed E-state index contributed by atoms with van der Waals surface area (Å²) in [4.78, 5) is 0. The Morgan fingerprint density at radius 2 is 1.94 bits per heavy atom. The molecular weight excluding hydrogens is 263 g/mol. The van der Waals surface area contributed by atoms with Crippen LogP contribution in [0, 0.1) is 11.3 Å². The maximum absolute atomic E-state index is 9.88. The summed E-state index contributed by atoms with van der Waals surface area (Å²) in [5.41, 5.74) is -0.0449. The molecule has 1 spiro atoms. The summed E-state index contributed by atoms with van der Waals surface area (Å²) in [5.74, 6) is 0.729. The molecule has 0 amide bonds. The zero-order valence-corrected chi connectivity index (χ0v) is 11.5. The Labute approximate surface area is 113 Å². The second-order valence-corrected chi connectivity index (χ2v) is 5.58. The van der Waals surface area contributed by atoms with E-state index in [1.807, 2.05) is 19.9 Å². The van der Waals surface area contributed by atoms with Crippen molar-refractivity contribution in [2.45, 2.75) is 45.0 Å². The van der Waals surface area contributed by atoms with Crippen molar-refractivity contribution in [2.75, 3.05) is 13.2 Å². The number of hydrogen-bond donors (Lipinski definition) is 1. The first kappa shape index (κ1) is 15.0. The van der Waals surface area contributed by atoms with Crippen molar-refractivity contribution in [2.24, 2.45) is 5.41 Å². The first-order valence-corrected chi connectivity index (χ1v) is 5.88. The van der Waals surface area contributed by atoms with Crippen LogP contribution in [0.25, 0.3) is 0 Å². The zero-order valence-electron chi connectivity index (χ0n) is 10.5. The minimum Gasteiger partial charge on any atom is -0.394 e. The SMILES string of the molecule is C=C[C-]1CC(O)CC2(COC(C)(C)OC2)C1.[Ni]. The van der Waals surface area contributed by atoms with Gasteiger partial charge in [0.1, 0.15) is 0 Å². The quantitative estimate of drug-likeness (QED) is 0.591. The van der Waals surface area contributed by atoms with E-state index in [0.717, 1.165) is 19.3 Å². The Hall–Kier alpha value is -0.0165. The maximum Gasteiger partial charge on any atom is 0.162 e. The Morgan fingerprint density at radius 3 is 2.47 bits per heavy atom. The van der Waals surface area contributed by atoms with E-state index in [1.165, 1.54) is 5.92 Å². The molecule has 1 heterocycles. The van der Waals surface area contributed by atoms with E-state index >= 15 is 0 Å². The van der Waals surface area contributed by atoms with E-state index in [9.17, 15) is 5.11 Å². The molecule has 1 saturated heterocycles. The normalized spacial score (nSPS) is 30.8. The smallest absolute Gasteiger partial charge is 0.162 e. The Kier molecular flexibility index (Phi) is 4.70. The number of aliphatic hydroxyl groups is 1. The Bertz CT molecular complexity index is 268. The fourth-order valence-electron chi connectivity index (χ4n) is 2.61. The summed E-state index contributed by atoms with van der Waals surface area (Å²) in [6, 6.07) is 0. The molecule has 2 aliphatic rings. The molecule has 17 heavy (non-hydrogen) atoms. The molecule has 1 aliphatic carbocycles. The van der Waals surface area contributed by atoms with Gasteiger partial charge >= 0.3 is 0 Å². The van der Waals surface area contributed by atoms with Crippen molar-refractivity contribution in [3.63, 3.8) is 0 Å². The molecule has 1 atom stereocenters. The predicted molar refractivity (Wildman–Crippen MR) is 61.7 cm³/mol. The van der Waals surface area contributed by atoms with Gasteiger partial charge in [-0.05, 0) is 20.3 Å². The van der Waals surface area contributed by atoms with Crippen LogP contribution >= 0.6 is 0 Å². The molecule has 2 fully saturated rings. The van der Waals surface area contributed by atoms with Crippen LogP contribution in [0.5, 0.6) is 0 Å². The number of hydrogen-bond acceptors (Lipinski definition) is 3. The van der Waals surface area contributed by atoms with E-state index in [1.54, 1.807) is 0 Å². The van der Waals surface area contributed by atoms with Gasteiger partial charge in [0.05, 0.1) is 13.2 Å². The van der Waals surface area contributed by atoms with Crippen molar-refractivity contribution >= 4 is 0 Å². The predicted octanol–water partition coefficient (Wildman–Crippen LogP) is 2.06. The molecule has 0 aromatic rings. The molecule has 1 unspecified atom stereocenters.